The van der Waals surface area contributed by atoms with E-state index in [2.05, 4.69) is 15.4 Å². The Morgan fingerprint density at radius 3 is 2.60 bits per heavy atom. The van der Waals surface area contributed by atoms with Gasteiger partial charge in [-0.3, -0.25) is 4.98 Å². The minimum absolute atomic E-state index is 0.396. The third-order valence-electron chi connectivity index (χ3n) is 4.12. The van der Waals surface area contributed by atoms with E-state index in [9.17, 15) is 13.2 Å². The van der Waals surface area contributed by atoms with Crippen molar-refractivity contribution in [1.82, 2.24) is 14.6 Å². The number of hydrogen-bond acceptors (Lipinski definition) is 3. The van der Waals surface area contributed by atoms with E-state index >= 15 is 0 Å². The first-order valence-corrected chi connectivity index (χ1v) is 7.59. The third-order valence-corrected chi connectivity index (χ3v) is 4.12. The Hall–Kier alpha value is -3.09. The third kappa shape index (κ3) is 2.57. The van der Waals surface area contributed by atoms with Gasteiger partial charge in [0, 0.05) is 30.4 Å². The Morgan fingerprint density at radius 2 is 1.84 bits per heavy atom. The molecule has 25 heavy (non-hydrogen) atoms. The molecule has 126 valence electrons. The molecule has 0 spiro atoms. The lowest BCUT2D eigenvalue weighted by Gasteiger charge is -2.09. The molecule has 4 aromatic rings. The van der Waals surface area contributed by atoms with Gasteiger partial charge in [0.2, 0.25) is 0 Å². The average Bonchev–Trinajstić information content (AvgIpc) is 3.06. The molecule has 4 nitrogen and oxygen atoms in total. The molecule has 0 aliphatic rings. The largest absolute Gasteiger partial charge is 0.435 e. The van der Waals surface area contributed by atoms with Gasteiger partial charge in [-0.05, 0) is 41.3 Å². The number of pyridine rings is 2. The number of hydrogen-bond donors (Lipinski definition) is 1. The van der Waals surface area contributed by atoms with E-state index in [0.29, 0.717) is 16.9 Å². The van der Waals surface area contributed by atoms with Gasteiger partial charge < -0.3 is 5.32 Å². The molecular formula is C18H13F3N4. The van der Waals surface area contributed by atoms with Gasteiger partial charge in [0.15, 0.2) is 5.69 Å². The molecule has 0 fully saturated rings. The number of nitrogens with zero attached hydrogens (tertiary/aromatic N) is 3. The molecule has 0 atom stereocenters. The highest BCUT2D eigenvalue weighted by Gasteiger charge is 2.34. The van der Waals surface area contributed by atoms with E-state index in [1.54, 1.807) is 31.6 Å². The van der Waals surface area contributed by atoms with Gasteiger partial charge in [-0.25, -0.2) is 4.52 Å². The minimum atomic E-state index is -4.50. The lowest BCUT2D eigenvalue weighted by Crippen LogP contribution is -2.06. The van der Waals surface area contributed by atoms with E-state index in [4.69, 9.17) is 0 Å². The Morgan fingerprint density at radius 1 is 1.00 bits per heavy atom. The molecule has 4 rings (SSSR count). The molecule has 3 aromatic heterocycles. The average molecular weight is 342 g/mol. The van der Waals surface area contributed by atoms with E-state index in [-0.39, 0.29) is 0 Å². The van der Waals surface area contributed by atoms with Crippen LogP contribution in [0.1, 0.15) is 5.69 Å². The normalized spacial score (nSPS) is 12.0. The molecule has 0 unspecified atom stereocenters. The van der Waals surface area contributed by atoms with Crippen molar-refractivity contribution >= 4 is 22.1 Å². The van der Waals surface area contributed by atoms with Crippen LogP contribution in [-0.4, -0.2) is 21.6 Å². The topological polar surface area (TPSA) is 42.2 Å². The predicted molar refractivity (Wildman–Crippen MR) is 90.5 cm³/mol. The molecule has 0 aliphatic carbocycles. The van der Waals surface area contributed by atoms with Crippen LogP contribution in [0.15, 0.2) is 54.9 Å². The summed E-state index contributed by atoms with van der Waals surface area (Å²) < 4.78 is 40.6. The summed E-state index contributed by atoms with van der Waals surface area (Å²) in [6, 6.07) is 12.2. The summed E-state index contributed by atoms with van der Waals surface area (Å²) in [6.45, 7) is 0. The second-order valence-electron chi connectivity index (χ2n) is 5.64. The lowest BCUT2D eigenvalue weighted by atomic mass is 10.0. The summed E-state index contributed by atoms with van der Waals surface area (Å²) in [5.74, 6) is 0.485. The van der Waals surface area contributed by atoms with E-state index in [1.165, 1.54) is 4.52 Å². The zero-order valence-corrected chi connectivity index (χ0v) is 13.2. The number of alkyl halides is 3. The Kier molecular flexibility index (Phi) is 3.38. The maximum Gasteiger partial charge on any atom is 0.435 e. The van der Waals surface area contributed by atoms with Gasteiger partial charge >= 0.3 is 6.18 Å². The standard InChI is InChI=1S/C18H13F3N4/c1-22-17-5-4-14(15-9-16(18(19,20)21)24-25(15)17)12-2-3-13-10-23-7-6-11(13)8-12/h2-10,22H,1H3. The van der Waals surface area contributed by atoms with Crippen molar-refractivity contribution in [2.75, 3.05) is 12.4 Å². The quantitative estimate of drug-likeness (QED) is 0.578. The molecule has 3 heterocycles. The van der Waals surface area contributed by atoms with Crippen molar-refractivity contribution < 1.29 is 13.2 Å². The van der Waals surface area contributed by atoms with E-state index in [1.807, 2.05) is 24.3 Å². The van der Waals surface area contributed by atoms with Crippen molar-refractivity contribution in [3.8, 4) is 11.1 Å². The second-order valence-corrected chi connectivity index (χ2v) is 5.64. The first-order valence-electron chi connectivity index (χ1n) is 7.59. The van der Waals surface area contributed by atoms with Crippen molar-refractivity contribution in [3.05, 3.63) is 60.6 Å². The molecule has 0 bridgehead atoms. The molecule has 0 radical (unpaired) electrons. The molecule has 1 aromatic carbocycles. The monoisotopic (exact) mass is 342 g/mol. The summed E-state index contributed by atoms with van der Waals surface area (Å²) in [6.07, 6.45) is -1.06. The van der Waals surface area contributed by atoms with Gasteiger partial charge in [0.25, 0.3) is 0 Å². The summed E-state index contributed by atoms with van der Waals surface area (Å²) in [4.78, 5) is 4.07. The number of aromatic nitrogens is 3. The highest BCUT2D eigenvalue weighted by molar-refractivity contribution is 5.90. The fourth-order valence-corrected chi connectivity index (χ4v) is 2.90. The summed E-state index contributed by atoms with van der Waals surface area (Å²) in [7, 11) is 1.65. The summed E-state index contributed by atoms with van der Waals surface area (Å²) in [5.41, 5.74) is 0.981. The van der Waals surface area contributed by atoms with Crippen LogP contribution in [-0.2, 0) is 6.18 Å². The molecule has 0 aliphatic heterocycles. The summed E-state index contributed by atoms with van der Waals surface area (Å²) in [5, 5.41) is 8.53. The highest BCUT2D eigenvalue weighted by atomic mass is 19.4. The zero-order chi connectivity index (χ0) is 17.6. The molecule has 0 amide bonds. The summed E-state index contributed by atoms with van der Waals surface area (Å²) >= 11 is 0. The van der Waals surface area contributed by atoms with Crippen LogP contribution in [0.4, 0.5) is 19.0 Å². The van der Waals surface area contributed by atoms with Crippen LogP contribution in [0.25, 0.3) is 27.4 Å². The van der Waals surface area contributed by atoms with Crippen LogP contribution in [0.5, 0.6) is 0 Å². The lowest BCUT2D eigenvalue weighted by molar-refractivity contribution is -0.141. The van der Waals surface area contributed by atoms with Crippen molar-refractivity contribution in [1.29, 1.82) is 0 Å². The number of benzene rings is 1. The van der Waals surface area contributed by atoms with E-state index in [0.717, 1.165) is 22.4 Å². The SMILES string of the molecule is CNc1ccc(-c2ccc3cnccc3c2)c2cc(C(F)(F)F)nn12. The molecule has 0 saturated carbocycles. The Bertz CT molecular complexity index is 1080. The first kappa shape index (κ1) is 15.4. The number of anilines is 1. The maximum atomic E-state index is 13.1. The fraction of sp³-hybridized carbons (Fsp3) is 0.111. The fourth-order valence-electron chi connectivity index (χ4n) is 2.90. The molecule has 7 heteroatoms. The Labute approximate surface area is 140 Å². The van der Waals surface area contributed by atoms with Crippen molar-refractivity contribution in [2.45, 2.75) is 6.18 Å². The number of rotatable bonds is 2. The van der Waals surface area contributed by atoms with Gasteiger partial charge in [0.1, 0.15) is 5.82 Å². The smallest absolute Gasteiger partial charge is 0.373 e. The van der Waals surface area contributed by atoms with Crippen molar-refractivity contribution in [2.24, 2.45) is 0 Å². The number of nitrogens with one attached hydrogen (secondary N) is 1. The van der Waals surface area contributed by atoms with Crippen molar-refractivity contribution in [3.63, 3.8) is 0 Å². The zero-order valence-electron chi connectivity index (χ0n) is 13.2. The van der Waals surface area contributed by atoms with Crippen LogP contribution < -0.4 is 5.32 Å². The second kappa shape index (κ2) is 5.47. The van der Waals surface area contributed by atoms with Gasteiger partial charge in [-0.1, -0.05) is 12.1 Å². The highest BCUT2D eigenvalue weighted by Crippen LogP contribution is 2.34. The minimum Gasteiger partial charge on any atom is -0.373 e. The predicted octanol–water partition coefficient (Wildman–Crippen LogP) is 4.61. The van der Waals surface area contributed by atoms with Gasteiger partial charge in [-0.15, -0.1) is 0 Å². The molecule has 0 saturated heterocycles. The van der Waals surface area contributed by atoms with E-state index < -0.39 is 11.9 Å². The Balaban J connectivity index is 1.98. The van der Waals surface area contributed by atoms with Crippen LogP contribution in [0, 0.1) is 0 Å². The van der Waals surface area contributed by atoms with Gasteiger partial charge in [-0.2, -0.15) is 18.3 Å². The molecule has 1 N–H and O–H groups in total. The maximum absolute atomic E-state index is 13.1. The first-order chi connectivity index (χ1) is 12.0. The van der Waals surface area contributed by atoms with Gasteiger partial charge in [0.05, 0.1) is 5.52 Å². The number of halogens is 3. The van der Waals surface area contributed by atoms with Crippen LogP contribution in [0.3, 0.4) is 0 Å². The molecular weight excluding hydrogens is 329 g/mol. The van der Waals surface area contributed by atoms with Crippen LogP contribution in [0.2, 0.25) is 0 Å². The van der Waals surface area contributed by atoms with Crippen LogP contribution >= 0.6 is 0 Å². The number of fused-ring (bicyclic) bond motifs is 2.